The van der Waals surface area contributed by atoms with Crippen molar-refractivity contribution in [2.45, 2.75) is 45.6 Å². The molecule has 162 valence electrons. The Morgan fingerprint density at radius 2 is 2.19 bits per heavy atom. The summed E-state index contributed by atoms with van der Waals surface area (Å²) in [4.78, 5) is 29.3. The van der Waals surface area contributed by atoms with Crippen LogP contribution in [-0.4, -0.2) is 21.9 Å². The van der Waals surface area contributed by atoms with Crippen LogP contribution >= 0.6 is 15.9 Å². The van der Waals surface area contributed by atoms with Crippen molar-refractivity contribution in [3.63, 3.8) is 0 Å². The van der Waals surface area contributed by atoms with Crippen LogP contribution in [0.2, 0.25) is 0 Å². The highest BCUT2D eigenvalue weighted by Crippen LogP contribution is 2.39. The molecule has 1 aliphatic heterocycles. The monoisotopic (exact) mass is 486 g/mol. The number of anilines is 2. The molecule has 0 fully saturated rings. The van der Waals surface area contributed by atoms with Gasteiger partial charge in [-0.2, -0.15) is 0 Å². The fraction of sp³-hybridized carbons (Fsp3) is 0.348. The molecule has 1 aromatic carbocycles. The zero-order valence-corrected chi connectivity index (χ0v) is 19.1. The number of nitrogens with zero attached hydrogens (tertiary/aromatic N) is 2. The van der Waals surface area contributed by atoms with Gasteiger partial charge in [-0.05, 0) is 67.6 Å². The maximum Gasteiger partial charge on any atom is 0.202 e. The van der Waals surface area contributed by atoms with E-state index in [0.717, 1.165) is 35.0 Å². The lowest BCUT2D eigenvalue weighted by Gasteiger charge is -2.29. The minimum Gasteiger partial charge on any atom is -0.396 e. The lowest BCUT2D eigenvalue weighted by Crippen LogP contribution is -2.25. The molecule has 0 saturated heterocycles. The van der Waals surface area contributed by atoms with E-state index in [1.807, 2.05) is 23.6 Å². The Morgan fingerprint density at radius 3 is 2.87 bits per heavy atom. The number of nitrogens with one attached hydrogen (secondary N) is 1. The van der Waals surface area contributed by atoms with Crippen LogP contribution in [0.25, 0.3) is 10.9 Å². The average Bonchev–Trinajstić information content (AvgIpc) is 2.74. The molecule has 0 bridgehead atoms. The molecule has 0 amide bonds. The lowest BCUT2D eigenvalue weighted by atomic mass is 9.92. The first-order valence-corrected chi connectivity index (χ1v) is 11.1. The number of halogens is 2. The van der Waals surface area contributed by atoms with Crippen LogP contribution in [0.3, 0.4) is 0 Å². The summed E-state index contributed by atoms with van der Waals surface area (Å²) < 4.78 is 18.1. The van der Waals surface area contributed by atoms with Gasteiger partial charge in [0, 0.05) is 40.7 Å². The standard InChI is InChI=1S/C23H24BrFN4O2/c1-12-5-8-16-21(27-9-3-4-15-7-6-14(24)10-28-15)19(25)20(26)18-22(16)29(12)11-17(13(2)30)23(18)31/h6-7,10-12,27H,3-5,8-9,26H2,1-2H3. The SMILES string of the molecule is CC(=O)c1cn2c3c(c(NCCCc4ccc(Br)cn4)c(F)c(N)c3c1=O)CCC2C. The number of ketones is 1. The predicted octanol–water partition coefficient (Wildman–Crippen LogP) is 4.63. The summed E-state index contributed by atoms with van der Waals surface area (Å²) in [6, 6.07) is 3.98. The molecule has 3 heterocycles. The maximum atomic E-state index is 15.3. The summed E-state index contributed by atoms with van der Waals surface area (Å²) in [7, 11) is 0. The number of nitrogens with two attached hydrogens (primary N) is 1. The van der Waals surface area contributed by atoms with Crippen molar-refractivity contribution in [2.75, 3.05) is 17.6 Å². The normalized spacial score (nSPS) is 15.3. The molecule has 0 saturated carbocycles. The van der Waals surface area contributed by atoms with E-state index in [4.69, 9.17) is 5.73 Å². The highest BCUT2D eigenvalue weighted by molar-refractivity contribution is 9.10. The molecule has 1 unspecified atom stereocenters. The zero-order valence-electron chi connectivity index (χ0n) is 17.5. The van der Waals surface area contributed by atoms with Gasteiger partial charge in [0.25, 0.3) is 0 Å². The molecule has 31 heavy (non-hydrogen) atoms. The quantitative estimate of drug-likeness (QED) is 0.301. The molecule has 1 atom stereocenters. The van der Waals surface area contributed by atoms with E-state index in [2.05, 4.69) is 26.2 Å². The summed E-state index contributed by atoms with van der Waals surface area (Å²) in [6.07, 6.45) is 6.28. The van der Waals surface area contributed by atoms with Crippen molar-refractivity contribution in [1.82, 2.24) is 9.55 Å². The van der Waals surface area contributed by atoms with Gasteiger partial charge in [0.2, 0.25) is 5.43 Å². The second kappa shape index (κ2) is 8.42. The maximum absolute atomic E-state index is 15.3. The summed E-state index contributed by atoms with van der Waals surface area (Å²) in [5.74, 6) is -0.971. The number of carbonyl (C=O) groups excluding carboxylic acids is 1. The van der Waals surface area contributed by atoms with Crippen LogP contribution < -0.4 is 16.5 Å². The Bertz CT molecular complexity index is 1240. The van der Waals surface area contributed by atoms with Gasteiger partial charge in [-0.25, -0.2) is 4.39 Å². The molecule has 0 aliphatic carbocycles. The third-order valence-electron chi connectivity index (χ3n) is 5.91. The van der Waals surface area contributed by atoms with Crippen molar-refractivity contribution >= 4 is 44.0 Å². The predicted molar refractivity (Wildman–Crippen MR) is 124 cm³/mol. The van der Waals surface area contributed by atoms with Crippen molar-refractivity contribution in [2.24, 2.45) is 0 Å². The van der Waals surface area contributed by atoms with Crippen LogP contribution in [0.4, 0.5) is 15.8 Å². The molecule has 1 aliphatic rings. The second-order valence-electron chi connectivity index (χ2n) is 8.03. The molecule has 0 radical (unpaired) electrons. The van der Waals surface area contributed by atoms with E-state index in [1.54, 1.807) is 12.4 Å². The molecule has 3 N–H and O–H groups in total. The lowest BCUT2D eigenvalue weighted by molar-refractivity contribution is 0.101. The molecule has 8 heteroatoms. The molecule has 6 nitrogen and oxygen atoms in total. The number of carbonyl (C=O) groups is 1. The minimum absolute atomic E-state index is 0.0426. The third-order valence-corrected chi connectivity index (χ3v) is 6.38. The summed E-state index contributed by atoms with van der Waals surface area (Å²) in [5.41, 5.74) is 8.13. The number of pyridine rings is 2. The van der Waals surface area contributed by atoms with Crippen LogP contribution in [0.5, 0.6) is 0 Å². The summed E-state index contributed by atoms with van der Waals surface area (Å²) in [6.45, 7) is 3.90. The van der Waals surface area contributed by atoms with Crippen LogP contribution in [0, 0.1) is 5.82 Å². The fourth-order valence-corrected chi connectivity index (χ4v) is 4.48. The molecule has 4 rings (SSSR count). The Balaban J connectivity index is 1.71. The number of hydrogen-bond acceptors (Lipinski definition) is 5. The molecule has 0 spiro atoms. The molecule has 3 aromatic rings. The number of benzene rings is 1. The van der Waals surface area contributed by atoms with Gasteiger partial charge in [0.1, 0.15) is 0 Å². The van der Waals surface area contributed by atoms with Gasteiger partial charge < -0.3 is 15.6 Å². The van der Waals surface area contributed by atoms with Crippen LogP contribution in [0.1, 0.15) is 54.3 Å². The average molecular weight is 487 g/mol. The highest BCUT2D eigenvalue weighted by Gasteiger charge is 2.28. The van der Waals surface area contributed by atoms with Crippen molar-refractivity contribution in [3.05, 3.63) is 61.9 Å². The Labute approximate surface area is 187 Å². The van der Waals surface area contributed by atoms with Gasteiger partial charge >= 0.3 is 0 Å². The first-order valence-electron chi connectivity index (χ1n) is 10.3. The number of rotatable bonds is 6. The Morgan fingerprint density at radius 1 is 1.42 bits per heavy atom. The minimum atomic E-state index is -0.622. The zero-order chi connectivity index (χ0) is 22.3. The summed E-state index contributed by atoms with van der Waals surface area (Å²) >= 11 is 3.37. The van der Waals surface area contributed by atoms with E-state index < -0.39 is 11.2 Å². The fourth-order valence-electron chi connectivity index (χ4n) is 4.24. The van der Waals surface area contributed by atoms with E-state index >= 15 is 4.39 Å². The van der Waals surface area contributed by atoms with E-state index in [9.17, 15) is 9.59 Å². The number of nitrogen functional groups attached to an aromatic ring is 1. The van der Waals surface area contributed by atoms with Crippen molar-refractivity contribution in [1.29, 1.82) is 0 Å². The van der Waals surface area contributed by atoms with E-state index in [-0.39, 0.29) is 28.5 Å². The Hall–Kier alpha value is -2.74. The molecular formula is C23H24BrFN4O2. The van der Waals surface area contributed by atoms with E-state index in [1.165, 1.54) is 6.92 Å². The van der Waals surface area contributed by atoms with Gasteiger partial charge in [0.15, 0.2) is 11.6 Å². The summed E-state index contributed by atoms with van der Waals surface area (Å²) in [5, 5.41) is 3.31. The first kappa shape index (κ1) is 21.5. The third kappa shape index (κ3) is 3.84. The number of aromatic nitrogens is 2. The topological polar surface area (TPSA) is 90.0 Å². The molecule has 2 aromatic heterocycles. The van der Waals surface area contributed by atoms with Gasteiger partial charge in [0.05, 0.1) is 27.8 Å². The first-order chi connectivity index (χ1) is 14.8. The number of Topliss-reactive ketones (excluding diaryl/α,β-unsaturated/α-hetero) is 1. The van der Waals surface area contributed by atoms with Crippen molar-refractivity contribution in [3.8, 4) is 0 Å². The smallest absolute Gasteiger partial charge is 0.202 e. The second-order valence-corrected chi connectivity index (χ2v) is 8.94. The number of hydrogen-bond donors (Lipinski definition) is 2. The van der Waals surface area contributed by atoms with Gasteiger partial charge in [-0.3, -0.25) is 14.6 Å². The van der Waals surface area contributed by atoms with Gasteiger partial charge in [-0.15, -0.1) is 0 Å². The Kier molecular flexibility index (Phi) is 5.83. The number of aryl methyl sites for hydroxylation is 2. The largest absolute Gasteiger partial charge is 0.396 e. The van der Waals surface area contributed by atoms with Crippen LogP contribution in [0.15, 0.2) is 33.8 Å². The van der Waals surface area contributed by atoms with Gasteiger partial charge in [-0.1, -0.05) is 0 Å². The molecular weight excluding hydrogens is 463 g/mol. The van der Waals surface area contributed by atoms with E-state index in [0.29, 0.717) is 24.2 Å². The van der Waals surface area contributed by atoms with Crippen molar-refractivity contribution < 1.29 is 9.18 Å². The highest BCUT2D eigenvalue weighted by atomic mass is 79.9. The van der Waals surface area contributed by atoms with Crippen LogP contribution in [-0.2, 0) is 12.8 Å².